The molecule has 4 aromatic rings. The van der Waals surface area contributed by atoms with Crippen molar-refractivity contribution in [1.82, 2.24) is 30.0 Å². The molecule has 3 N–H and O–H groups in total. The smallest absolute Gasteiger partial charge is 0.330 e. The number of piperidine rings is 1. The number of aromatic nitrogens is 3. The molecule has 0 radical (unpaired) electrons. The molecule has 276 valence electrons. The minimum atomic E-state index is -0.701. The van der Waals surface area contributed by atoms with Crippen LogP contribution >= 0.6 is 11.3 Å². The summed E-state index contributed by atoms with van der Waals surface area (Å²) in [6.07, 6.45) is 3.63. The van der Waals surface area contributed by atoms with Crippen LogP contribution in [-0.2, 0) is 14.9 Å². The summed E-state index contributed by atoms with van der Waals surface area (Å²) in [6, 6.07) is 11.1. The second-order valence-corrected chi connectivity index (χ2v) is 14.8. The molecule has 2 saturated heterocycles. The molecule has 0 unspecified atom stereocenters. The molecule has 2 aliphatic heterocycles. The number of hydrazine groups is 1. The number of piperazine rings is 1. The van der Waals surface area contributed by atoms with Crippen molar-refractivity contribution in [3.8, 4) is 21.8 Å². The minimum Gasteiger partial charge on any atom is -0.351 e. The van der Waals surface area contributed by atoms with Crippen LogP contribution in [-0.4, -0.2) is 102 Å². The summed E-state index contributed by atoms with van der Waals surface area (Å²) in [5.74, 6) is -0.862. The van der Waals surface area contributed by atoms with E-state index in [1.807, 2.05) is 25.6 Å². The molecular weight excluding hydrogens is 687 g/mol. The van der Waals surface area contributed by atoms with Gasteiger partial charge < -0.3 is 10.6 Å². The van der Waals surface area contributed by atoms with Gasteiger partial charge in [0.1, 0.15) is 5.69 Å². The Labute approximate surface area is 308 Å². The number of nitroso groups, excluding NO2 is 1. The minimum absolute atomic E-state index is 0.0950. The van der Waals surface area contributed by atoms with Crippen molar-refractivity contribution < 1.29 is 23.1 Å². The Morgan fingerprint density at radius 1 is 1.06 bits per heavy atom. The van der Waals surface area contributed by atoms with Crippen molar-refractivity contribution in [3.05, 3.63) is 75.8 Å². The molecule has 2 aromatic carbocycles. The van der Waals surface area contributed by atoms with Crippen LogP contribution in [0, 0.1) is 23.5 Å². The molecule has 2 fully saturated rings. The first-order valence-electron chi connectivity index (χ1n) is 17.5. The van der Waals surface area contributed by atoms with Gasteiger partial charge in [-0.3, -0.25) is 0 Å². The predicted octanol–water partition coefficient (Wildman–Crippen LogP) is 5.97. The standard InChI is InChI=1S/C29H32F2N7OS.C7H15BN2O2/c1-17-7-5-9-20(30)25(17)38(39)37-21-10-6-8-19(23(21)31)24-26(40-27(36-24)29(2,3)4)22-13-16-33-28(35-22)34-18-11-14-32-15-12-18;1-12-7-6-9-2-4-10(8-11)5-3-9/h5-10,13,16,18,32H,11-12,14-15H2,1-4H3,(H,37,39)(H,33,34,35);2-7H2,1H3/q+1;. The van der Waals surface area contributed by atoms with Crippen LogP contribution in [0.15, 0.2) is 48.7 Å². The van der Waals surface area contributed by atoms with Gasteiger partial charge in [0.05, 0.1) is 26.2 Å². The van der Waals surface area contributed by atoms with Gasteiger partial charge in [0.15, 0.2) is 10.7 Å². The molecular formula is C36H47BF2N9O3S+. The maximum absolute atomic E-state index is 16.0. The first-order valence-corrected chi connectivity index (χ1v) is 18.3. The van der Waals surface area contributed by atoms with E-state index in [0.29, 0.717) is 27.8 Å². The number of thiazole rings is 1. The number of methoxy groups -OCH3 is 1. The van der Waals surface area contributed by atoms with E-state index in [9.17, 15) is 14.0 Å². The molecule has 52 heavy (non-hydrogen) atoms. The topological polar surface area (TPSA) is 128 Å². The van der Waals surface area contributed by atoms with Gasteiger partial charge in [-0.2, -0.15) is 4.39 Å². The Kier molecular flexibility index (Phi) is 13.5. The molecule has 0 saturated carbocycles. The maximum Gasteiger partial charge on any atom is 0.330 e. The molecule has 4 heterocycles. The van der Waals surface area contributed by atoms with Crippen molar-refractivity contribution in [3.63, 3.8) is 0 Å². The van der Waals surface area contributed by atoms with Gasteiger partial charge in [0, 0.05) is 28.8 Å². The Bertz CT molecular complexity index is 1810. The van der Waals surface area contributed by atoms with E-state index in [1.54, 1.807) is 44.5 Å². The van der Waals surface area contributed by atoms with E-state index in [2.05, 4.69) is 25.9 Å². The molecule has 12 nitrogen and oxygen atoms in total. The van der Waals surface area contributed by atoms with Crippen LogP contribution in [0.3, 0.4) is 0 Å². The van der Waals surface area contributed by atoms with Gasteiger partial charge in [-0.05, 0) is 57.1 Å². The SMILES string of the molecule is COCCN1CCN(B=O)CC1.Cc1cccc(F)c1[N+](=O)Nc1cccc(-c2nc(C(C)(C)C)sc2-c2ccnc(NC3CCNCC3)n2)c1F. The zero-order valence-corrected chi connectivity index (χ0v) is 31.2. The Balaban J connectivity index is 0.000000370. The maximum atomic E-state index is 16.0. The third-order valence-electron chi connectivity index (χ3n) is 8.86. The number of hydrogen-bond donors (Lipinski definition) is 3. The summed E-state index contributed by atoms with van der Waals surface area (Å²) in [6.45, 7) is 15.0. The Morgan fingerprint density at radius 3 is 2.46 bits per heavy atom. The van der Waals surface area contributed by atoms with Crippen molar-refractivity contribution >= 4 is 35.9 Å². The van der Waals surface area contributed by atoms with E-state index < -0.39 is 11.6 Å². The predicted molar refractivity (Wildman–Crippen MR) is 201 cm³/mol. The quantitative estimate of drug-likeness (QED) is 0.0959. The van der Waals surface area contributed by atoms with Crippen molar-refractivity contribution in [2.45, 2.75) is 52.0 Å². The number of hydrogen-bond acceptors (Lipinski definition) is 10. The summed E-state index contributed by atoms with van der Waals surface area (Å²) < 4.78 is 45.7. The first kappa shape index (κ1) is 39.0. The van der Waals surface area contributed by atoms with E-state index >= 15 is 4.39 Å². The normalized spacial score (nSPS) is 15.4. The first-order chi connectivity index (χ1) is 25.0. The summed E-state index contributed by atoms with van der Waals surface area (Å²) in [5.41, 5.74) is 3.55. The van der Waals surface area contributed by atoms with Crippen molar-refractivity contribution in [1.29, 1.82) is 0 Å². The number of benzene rings is 2. The van der Waals surface area contributed by atoms with Gasteiger partial charge in [-0.1, -0.05) is 39.0 Å². The number of ether oxygens (including phenoxy) is 1. The number of nitrogens with one attached hydrogen (secondary N) is 3. The fraction of sp³-hybridized carbons (Fsp3) is 0.472. The zero-order valence-electron chi connectivity index (χ0n) is 30.4. The van der Waals surface area contributed by atoms with Crippen LogP contribution in [0.1, 0.15) is 44.2 Å². The van der Waals surface area contributed by atoms with Crippen molar-refractivity contribution in [2.24, 2.45) is 0 Å². The Hall–Kier alpha value is -4.25. The molecule has 6 rings (SSSR count). The number of rotatable bonds is 11. The molecule has 0 aliphatic carbocycles. The van der Waals surface area contributed by atoms with Crippen LogP contribution in [0.25, 0.3) is 21.8 Å². The van der Waals surface area contributed by atoms with Gasteiger partial charge in [-0.25, -0.2) is 19.3 Å². The summed E-state index contributed by atoms with van der Waals surface area (Å²) in [5, 5.41) is 7.58. The fourth-order valence-electron chi connectivity index (χ4n) is 5.86. The van der Waals surface area contributed by atoms with Crippen LogP contribution < -0.4 is 16.1 Å². The molecule has 0 spiro atoms. The second kappa shape index (κ2) is 18.0. The molecule has 16 heteroatoms. The van der Waals surface area contributed by atoms with E-state index in [1.165, 1.54) is 29.5 Å². The molecule has 2 aromatic heterocycles. The number of anilines is 2. The van der Waals surface area contributed by atoms with Crippen LogP contribution in [0.5, 0.6) is 0 Å². The van der Waals surface area contributed by atoms with Crippen LogP contribution in [0.4, 0.5) is 26.1 Å². The Morgan fingerprint density at radius 2 is 1.79 bits per heavy atom. The number of halogens is 2. The monoisotopic (exact) mass is 734 g/mol. The molecule has 0 bridgehead atoms. The fourth-order valence-corrected chi connectivity index (χ4v) is 6.97. The molecule has 2 aliphatic rings. The largest absolute Gasteiger partial charge is 0.351 e. The van der Waals surface area contributed by atoms with E-state index in [-0.39, 0.29) is 33.3 Å². The molecule has 0 amide bonds. The summed E-state index contributed by atoms with van der Waals surface area (Å²) >= 11 is 1.45. The molecule has 0 atom stereocenters. The second-order valence-electron chi connectivity index (χ2n) is 13.8. The zero-order chi connectivity index (χ0) is 37.3. The summed E-state index contributed by atoms with van der Waals surface area (Å²) in [7, 11) is 2.63. The van der Waals surface area contributed by atoms with E-state index in [4.69, 9.17) is 14.7 Å². The third-order valence-corrected chi connectivity index (χ3v) is 10.4. The van der Waals surface area contributed by atoms with Crippen LogP contribution in [0.2, 0.25) is 0 Å². The third kappa shape index (κ3) is 10.00. The average Bonchev–Trinajstić information content (AvgIpc) is 3.59. The summed E-state index contributed by atoms with van der Waals surface area (Å²) in [4.78, 5) is 31.9. The van der Waals surface area contributed by atoms with Crippen molar-refractivity contribution in [2.75, 3.05) is 70.3 Å². The van der Waals surface area contributed by atoms with Gasteiger partial charge in [0.2, 0.25) is 11.8 Å². The van der Waals surface area contributed by atoms with E-state index in [0.717, 1.165) is 77.6 Å². The number of aryl methyl sites for hydroxylation is 1. The number of para-hydroxylation sites is 1. The van der Waals surface area contributed by atoms with Gasteiger partial charge in [0.25, 0.3) is 0 Å². The number of nitrogens with zero attached hydrogens (tertiary/aromatic N) is 6. The average molecular weight is 735 g/mol. The van der Waals surface area contributed by atoms with Gasteiger partial charge in [-0.15, -0.1) is 16.8 Å². The van der Waals surface area contributed by atoms with Gasteiger partial charge >= 0.3 is 78.6 Å².